The second kappa shape index (κ2) is 6.18. The fourth-order valence-electron chi connectivity index (χ4n) is 1.08. The summed E-state index contributed by atoms with van der Waals surface area (Å²) in [6, 6.07) is 4.85. The van der Waals surface area contributed by atoms with E-state index in [4.69, 9.17) is 10.5 Å². The minimum absolute atomic E-state index is 0.407. The zero-order chi connectivity index (χ0) is 12.7. The Bertz CT molecular complexity index is 498. The summed E-state index contributed by atoms with van der Waals surface area (Å²) < 4.78 is 5.18. The van der Waals surface area contributed by atoms with Crippen molar-refractivity contribution >= 4 is 11.8 Å². The number of hydrogen-bond donors (Lipinski definition) is 1. The number of nitrogens with zero attached hydrogens (tertiary/aromatic N) is 1. The highest BCUT2D eigenvalue weighted by molar-refractivity contribution is 5.61. The third kappa shape index (κ3) is 4.26. The molecule has 0 spiro atoms. The molecule has 1 rings (SSSR count). The fourth-order valence-corrected chi connectivity index (χ4v) is 1.08. The third-order valence-electron chi connectivity index (χ3n) is 1.82. The van der Waals surface area contributed by atoms with Crippen molar-refractivity contribution in [2.75, 3.05) is 5.73 Å². The predicted molar refractivity (Wildman–Crippen MR) is 65.6 cm³/mol. The van der Waals surface area contributed by atoms with Crippen LogP contribution in [0.15, 0.2) is 24.4 Å². The van der Waals surface area contributed by atoms with Crippen LogP contribution >= 0.6 is 0 Å². The molecule has 0 aliphatic heterocycles. The Morgan fingerprint density at radius 3 is 3.00 bits per heavy atom. The van der Waals surface area contributed by atoms with Crippen LogP contribution in [0.2, 0.25) is 0 Å². The molecule has 0 fully saturated rings. The summed E-state index contributed by atoms with van der Waals surface area (Å²) in [5.74, 6) is 3.14. The monoisotopic (exact) mass is 232 g/mol. The summed E-state index contributed by atoms with van der Waals surface area (Å²) in [6.07, 6.45) is 5.34. The lowest BCUT2D eigenvalue weighted by Gasteiger charge is -2.03. The van der Waals surface area contributed by atoms with Gasteiger partial charge in [-0.2, -0.15) is 0 Å². The van der Waals surface area contributed by atoms with Crippen LogP contribution in [0.1, 0.15) is 18.9 Å². The summed E-state index contributed by atoms with van der Waals surface area (Å²) in [6.45, 7) is 1.89. The minimum atomic E-state index is -0.544. The van der Waals surface area contributed by atoms with E-state index in [1.165, 1.54) is 6.08 Å². The van der Waals surface area contributed by atoms with Crippen molar-refractivity contribution in [1.82, 2.24) is 0 Å². The SMILES string of the molecule is CCC#COc1cc(N)ccc1C=C[N+](=O)[O-]. The normalized spacial score (nSPS) is 9.71. The first-order valence-corrected chi connectivity index (χ1v) is 4.99. The van der Waals surface area contributed by atoms with Gasteiger partial charge in [0, 0.05) is 29.8 Å². The lowest BCUT2D eigenvalue weighted by molar-refractivity contribution is -0.400. The van der Waals surface area contributed by atoms with Crippen LogP contribution in [-0.2, 0) is 0 Å². The number of anilines is 1. The Morgan fingerprint density at radius 1 is 1.59 bits per heavy atom. The summed E-state index contributed by atoms with van der Waals surface area (Å²) >= 11 is 0. The van der Waals surface area contributed by atoms with Crippen LogP contribution in [0.5, 0.6) is 5.75 Å². The van der Waals surface area contributed by atoms with Gasteiger partial charge >= 0.3 is 0 Å². The van der Waals surface area contributed by atoms with Gasteiger partial charge in [0.05, 0.1) is 4.92 Å². The highest BCUT2D eigenvalue weighted by Crippen LogP contribution is 2.22. The second-order valence-corrected chi connectivity index (χ2v) is 3.13. The van der Waals surface area contributed by atoms with Crippen molar-refractivity contribution in [2.24, 2.45) is 0 Å². The molecule has 1 aromatic carbocycles. The topological polar surface area (TPSA) is 78.4 Å². The molecule has 0 atom stereocenters. The van der Waals surface area contributed by atoms with Gasteiger partial charge in [-0.3, -0.25) is 10.1 Å². The smallest absolute Gasteiger partial charge is 0.235 e. The highest BCUT2D eigenvalue weighted by atomic mass is 16.6. The predicted octanol–water partition coefficient (Wildman–Crippen LogP) is 2.27. The van der Waals surface area contributed by atoms with E-state index >= 15 is 0 Å². The maximum atomic E-state index is 10.2. The molecule has 0 radical (unpaired) electrons. The zero-order valence-electron chi connectivity index (χ0n) is 9.34. The molecule has 0 aliphatic carbocycles. The van der Waals surface area contributed by atoms with Crippen LogP contribution in [0.4, 0.5) is 5.69 Å². The molecule has 0 aliphatic rings. The maximum Gasteiger partial charge on any atom is 0.235 e. The van der Waals surface area contributed by atoms with E-state index in [0.29, 0.717) is 23.4 Å². The lowest BCUT2D eigenvalue weighted by Crippen LogP contribution is -1.91. The van der Waals surface area contributed by atoms with Crippen molar-refractivity contribution in [1.29, 1.82) is 0 Å². The van der Waals surface area contributed by atoms with E-state index in [0.717, 1.165) is 6.20 Å². The Morgan fingerprint density at radius 2 is 2.35 bits per heavy atom. The average Bonchev–Trinajstić information content (AvgIpc) is 2.28. The summed E-state index contributed by atoms with van der Waals surface area (Å²) in [7, 11) is 0. The van der Waals surface area contributed by atoms with Crippen LogP contribution in [0, 0.1) is 22.1 Å². The van der Waals surface area contributed by atoms with Crippen LogP contribution in [-0.4, -0.2) is 4.92 Å². The zero-order valence-corrected chi connectivity index (χ0v) is 9.34. The lowest BCUT2D eigenvalue weighted by atomic mass is 10.2. The molecule has 5 nitrogen and oxygen atoms in total. The Hall–Kier alpha value is -2.48. The summed E-state index contributed by atoms with van der Waals surface area (Å²) in [4.78, 5) is 9.69. The number of nitrogens with two attached hydrogens (primary N) is 1. The molecule has 17 heavy (non-hydrogen) atoms. The van der Waals surface area contributed by atoms with E-state index in [1.54, 1.807) is 18.2 Å². The number of hydrogen-bond acceptors (Lipinski definition) is 4. The van der Waals surface area contributed by atoms with Gasteiger partial charge in [-0.15, -0.1) is 0 Å². The largest absolute Gasteiger partial charge is 0.407 e. The van der Waals surface area contributed by atoms with Gasteiger partial charge in [0.2, 0.25) is 6.20 Å². The molecule has 0 bridgehead atoms. The Labute approximate surface area is 99.0 Å². The molecule has 0 heterocycles. The van der Waals surface area contributed by atoms with Gasteiger partial charge in [-0.05, 0) is 12.1 Å². The van der Waals surface area contributed by atoms with Crippen molar-refractivity contribution < 1.29 is 9.66 Å². The number of nitro groups is 1. The molecule has 88 valence electrons. The van der Waals surface area contributed by atoms with Gasteiger partial charge in [0.15, 0.2) is 0 Å². The molecule has 0 amide bonds. The van der Waals surface area contributed by atoms with Gasteiger partial charge < -0.3 is 10.5 Å². The van der Waals surface area contributed by atoms with E-state index in [-0.39, 0.29) is 0 Å². The molecular weight excluding hydrogens is 220 g/mol. The van der Waals surface area contributed by atoms with E-state index in [1.807, 2.05) is 6.92 Å². The number of ether oxygens (including phenoxy) is 1. The standard InChI is InChI=1S/C12H12N2O3/c1-2-3-8-17-12-9-11(13)5-4-10(12)6-7-14(15)16/h4-7,9H,2,13H2,1H3. The molecule has 0 aromatic heterocycles. The molecule has 5 heteroatoms. The number of benzene rings is 1. The van der Waals surface area contributed by atoms with Gasteiger partial charge in [-0.25, -0.2) is 0 Å². The molecule has 2 N–H and O–H groups in total. The van der Waals surface area contributed by atoms with Crippen LogP contribution in [0.3, 0.4) is 0 Å². The molecule has 0 unspecified atom stereocenters. The van der Waals surface area contributed by atoms with Crippen LogP contribution < -0.4 is 10.5 Å². The van der Waals surface area contributed by atoms with E-state index < -0.39 is 4.92 Å². The van der Waals surface area contributed by atoms with E-state index in [9.17, 15) is 10.1 Å². The first kappa shape index (κ1) is 12.6. The van der Waals surface area contributed by atoms with Crippen LogP contribution in [0.25, 0.3) is 6.08 Å². The molecular formula is C12H12N2O3. The highest BCUT2D eigenvalue weighted by Gasteiger charge is 2.02. The summed E-state index contributed by atoms with van der Waals surface area (Å²) in [5, 5.41) is 10.2. The first-order chi connectivity index (χ1) is 8.13. The number of rotatable bonds is 3. The number of nitrogen functional groups attached to an aromatic ring is 1. The molecule has 0 saturated carbocycles. The Kier molecular flexibility index (Phi) is 4.58. The molecule has 1 aromatic rings. The summed E-state index contributed by atoms with van der Waals surface area (Å²) in [5.41, 5.74) is 6.67. The van der Waals surface area contributed by atoms with Crippen molar-refractivity contribution in [3.05, 3.63) is 40.1 Å². The van der Waals surface area contributed by atoms with E-state index in [2.05, 4.69) is 12.0 Å². The Balaban J connectivity index is 2.99. The second-order valence-electron chi connectivity index (χ2n) is 3.13. The molecule has 0 saturated heterocycles. The van der Waals surface area contributed by atoms with Crippen molar-refractivity contribution in [3.8, 4) is 17.8 Å². The van der Waals surface area contributed by atoms with Gasteiger partial charge in [-0.1, -0.05) is 12.8 Å². The van der Waals surface area contributed by atoms with Gasteiger partial charge in [0.1, 0.15) is 11.9 Å². The first-order valence-electron chi connectivity index (χ1n) is 4.99. The fraction of sp³-hybridized carbons (Fsp3) is 0.167. The van der Waals surface area contributed by atoms with Crippen molar-refractivity contribution in [3.63, 3.8) is 0 Å². The quantitative estimate of drug-likeness (QED) is 0.375. The van der Waals surface area contributed by atoms with Gasteiger partial charge in [0.25, 0.3) is 0 Å². The average molecular weight is 232 g/mol. The third-order valence-corrected chi connectivity index (χ3v) is 1.82. The maximum absolute atomic E-state index is 10.2. The minimum Gasteiger partial charge on any atom is -0.407 e. The van der Waals surface area contributed by atoms with Crippen molar-refractivity contribution in [2.45, 2.75) is 13.3 Å².